The van der Waals surface area contributed by atoms with Crippen molar-refractivity contribution in [2.24, 2.45) is 5.92 Å². The Bertz CT molecular complexity index is 382. The van der Waals surface area contributed by atoms with Gasteiger partial charge in [-0.1, -0.05) is 32.8 Å². The highest BCUT2D eigenvalue weighted by Gasteiger charge is 2.18. The Morgan fingerprint density at radius 2 is 2.00 bits per heavy atom. The minimum atomic E-state index is -0.940. The summed E-state index contributed by atoms with van der Waals surface area (Å²) in [5, 5.41) is 9.99. The number of hydrogen-bond donors (Lipinski definition) is 1. The Balaban J connectivity index is 2.82. The van der Waals surface area contributed by atoms with Gasteiger partial charge in [-0.15, -0.1) is 0 Å². The molecule has 17 heavy (non-hydrogen) atoms. The highest BCUT2D eigenvalue weighted by atomic mass is 79.9. The van der Waals surface area contributed by atoms with Gasteiger partial charge in [-0.05, 0) is 39.9 Å². The molecule has 0 saturated carbocycles. The van der Waals surface area contributed by atoms with Crippen LogP contribution in [-0.2, 0) is 0 Å². The summed E-state index contributed by atoms with van der Waals surface area (Å²) in [4.78, 5) is 0. The van der Waals surface area contributed by atoms with E-state index < -0.39 is 17.7 Å². The zero-order chi connectivity index (χ0) is 13.0. The van der Waals surface area contributed by atoms with Gasteiger partial charge in [-0.2, -0.15) is 0 Å². The molecule has 0 fully saturated rings. The van der Waals surface area contributed by atoms with Crippen LogP contribution in [0.5, 0.6) is 0 Å². The monoisotopic (exact) mass is 306 g/mol. The lowest BCUT2D eigenvalue weighted by atomic mass is 9.95. The first-order valence-electron chi connectivity index (χ1n) is 5.78. The van der Waals surface area contributed by atoms with Gasteiger partial charge in [0, 0.05) is 0 Å². The van der Waals surface area contributed by atoms with Crippen LogP contribution in [0.25, 0.3) is 0 Å². The summed E-state index contributed by atoms with van der Waals surface area (Å²) >= 11 is 2.99. The van der Waals surface area contributed by atoms with E-state index in [0.717, 1.165) is 18.9 Å². The third-order valence-electron chi connectivity index (χ3n) is 2.83. The minimum absolute atomic E-state index is 0.0219. The minimum Gasteiger partial charge on any atom is -0.388 e. The molecule has 1 aromatic rings. The predicted octanol–water partition coefficient (Wildman–Crippen LogP) is 4.59. The summed E-state index contributed by atoms with van der Waals surface area (Å²) in [5.74, 6) is -1.49. The molecule has 0 amide bonds. The fourth-order valence-electron chi connectivity index (χ4n) is 1.92. The Labute approximate surface area is 109 Å². The predicted molar refractivity (Wildman–Crippen MR) is 67.7 cm³/mol. The van der Waals surface area contributed by atoms with Crippen molar-refractivity contribution in [2.45, 2.75) is 39.2 Å². The van der Waals surface area contributed by atoms with Crippen molar-refractivity contribution in [3.05, 3.63) is 33.8 Å². The molecular weight excluding hydrogens is 290 g/mol. The Hall–Kier alpha value is -0.480. The lowest BCUT2D eigenvalue weighted by molar-refractivity contribution is 0.144. The zero-order valence-electron chi connectivity index (χ0n) is 10.0. The molecule has 1 nitrogen and oxygen atoms in total. The van der Waals surface area contributed by atoms with Crippen LogP contribution in [0.1, 0.15) is 44.8 Å². The SMILES string of the molecule is CCCC(C)CC(O)c1ccc(F)c(F)c1Br. The van der Waals surface area contributed by atoms with Gasteiger partial charge in [0.2, 0.25) is 0 Å². The average molecular weight is 307 g/mol. The van der Waals surface area contributed by atoms with Gasteiger partial charge in [-0.3, -0.25) is 0 Å². The molecule has 2 atom stereocenters. The van der Waals surface area contributed by atoms with Gasteiger partial charge >= 0.3 is 0 Å². The highest BCUT2D eigenvalue weighted by molar-refractivity contribution is 9.10. The van der Waals surface area contributed by atoms with Crippen LogP contribution in [0, 0.1) is 17.6 Å². The van der Waals surface area contributed by atoms with Crippen molar-refractivity contribution in [1.29, 1.82) is 0 Å². The smallest absolute Gasteiger partial charge is 0.173 e. The second-order valence-corrected chi connectivity index (χ2v) is 5.20. The van der Waals surface area contributed by atoms with Crippen molar-refractivity contribution >= 4 is 15.9 Å². The standard InChI is InChI=1S/C13H17BrF2O/c1-3-4-8(2)7-11(17)9-5-6-10(15)13(16)12(9)14/h5-6,8,11,17H,3-4,7H2,1-2H3. The molecule has 0 bridgehead atoms. The second kappa shape index (κ2) is 6.45. The van der Waals surface area contributed by atoms with E-state index >= 15 is 0 Å². The molecule has 1 aromatic carbocycles. The van der Waals surface area contributed by atoms with Gasteiger partial charge in [0.15, 0.2) is 11.6 Å². The Morgan fingerprint density at radius 1 is 1.35 bits per heavy atom. The van der Waals surface area contributed by atoms with Crippen molar-refractivity contribution < 1.29 is 13.9 Å². The van der Waals surface area contributed by atoms with E-state index in [1.807, 2.05) is 6.92 Å². The van der Waals surface area contributed by atoms with Crippen molar-refractivity contribution in [1.82, 2.24) is 0 Å². The fraction of sp³-hybridized carbons (Fsp3) is 0.538. The van der Waals surface area contributed by atoms with E-state index in [4.69, 9.17) is 0 Å². The van der Waals surface area contributed by atoms with Crippen LogP contribution < -0.4 is 0 Å². The van der Waals surface area contributed by atoms with E-state index in [-0.39, 0.29) is 4.47 Å². The normalized spacial score (nSPS) is 14.7. The zero-order valence-corrected chi connectivity index (χ0v) is 11.6. The third kappa shape index (κ3) is 3.75. The first-order valence-corrected chi connectivity index (χ1v) is 6.58. The lowest BCUT2D eigenvalue weighted by Crippen LogP contribution is -2.06. The summed E-state index contributed by atoms with van der Waals surface area (Å²) in [7, 11) is 0. The average Bonchev–Trinajstić information content (AvgIpc) is 2.26. The summed E-state index contributed by atoms with van der Waals surface area (Å²) in [5.41, 5.74) is 0.409. The summed E-state index contributed by atoms with van der Waals surface area (Å²) in [6, 6.07) is 2.47. The number of halogens is 3. The topological polar surface area (TPSA) is 20.2 Å². The number of rotatable bonds is 5. The van der Waals surface area contributed by atoms with Gasteiger partial charge in [0.1, 0.15) is 0 Å². The molecule has 1 N–H and O–H groups in total. The number of hydrogen-bond acceptors (Lipinski definition) is 1. The molecule has 2 unspecified atom stereocenters. The van der Waals surface area contributed by atoms with E-state index in [1.165, 1.54) is 6.07 Å². The van der Waals surface area contributed by atoms with Crippen LogP contribution >= 0.6 is 15.9 Å². The van der Waals surface area contributed by atoms with Gasteiger partial charge in [-0.25, -0.2) is 8.78 Å². The molecule has 0 heterocycles. The highest BCUT2D eigenvalue weighted by Crippen LogP contribution is 2.31. The van der Waals surface area contributed by atoms with Crippen LogP contribution in [0.15, 0.2) is 16.6 Å². The molecule has 0 aliphatic rings. The quantitative estimate of drug-likeness (QED) is 0.789. The lowest BCUT2D eigenvalue weighted by Gasteiger charge is -2.17. The summed E-state index contributed by atoms with van der Waals surface area (Å²) in [6.07, 6.45) is 1.85. The number of aliphatic hydroxyl groups excluding tert-OH is 1. The molecule has 1 rings (SSSR count). The molecule has 0 aliphatic carbocycles. The van der Waals surface area contributed by atoms with E-state index in [2.05, 4.69) is 22.9 Å². The second-order valence-electron chi connectivity index (χ2n) is 4.41. The fourth-order valence-corrected chi connectivity index (χ4v) is 2.50. The maximum Gasteiger partial charge on any atom is 0.173 e. The third-order valence-corrected chi connectivity index (χ3v) is 3.64. The maximum absolute atomic E-state index is 13.3. The Morgan fingerprint density at radius 3 is 2.59 bits per heavy atom. The van der Waals surface area contributed by atoms with Crippen molar-refractivity contribution in [3.8, 4) is 0 Å². The molecule has 0 aromatic heterocycles. The molecule has 0 radical (unpaired) electrons. The van der Waals surface area contributed by atoms with Crippen LogP contribution in [0.3, 0.4) is 0 Å². The van der Waals surface area contributed by atoms with Gasteiger partial charge < -0.3 is 5.11 Å². The molecule has 4 heteroatoms. The molecule has 0 spiro atoms. The van der Waals surface area contributed by atoms with E-state index in [9.17, 15) is 13.9 Å². The van der Waals surface area contributed by atoms with Gasteiger partial charge in [0.05, 0.1) is 10.6 Å². The maximum atomic E-state index is 13.3. The van der Waals surface area contributed by atoms with Crippen molar-refractivity contribution in [3.63, 3.8) is 0 Å². The first-order chi connectivity index (χ1) is 7.97. The number of benzene rings is 1. The van der Waals surface area contributed by atoms with Gasteiger partial charge in [0.25, 0.3) is 0 Å². The molecular formula is C13H17BrF2O. The van der Waals surface area contributed by atoms with E-state index in [0.29, 0.717) is 17.9 Å². The number of aliphatic hydroxyl groups is 1. The first kappa shape index (κ1) is 14.6. The molecule has 0 aliphatic heterocycles. The van der Waals surface area contributed by atoms with Crippen molar-refractivity contribution in [2.75, 3.05) is 0 Å². The summed E-state index contributed by atoms with van der Waals surface area (Å²) < 4.78 is 26.2. The Kier molecular flexibility index (Phi) is 5.53. The summed E-state index contributed by atoms with van der Waals surface area (Å²) in [6.45, 7) is 4.12. The van der Waals surface area contributed by atoms with E-state index in [1.54, 1.807) is 0 Å². The van der Waals surface area contributed by atoms with Crippen LogP contribution in [-0.4, -0.2) is 5.11 Å². The molecule has 0 saturated heterocycles. The molecule has 96 valence electrons. The van der Waals surface area contributed by atoms with Crippen LogP contribution in [0.2, 0.25) is 0 Å². The largest absolute Gasteiger partial charge is 0.388 e. The van der Waals surface area contributed by atoms with Crippen LogP contribution in [0.4, 0.5) is 8.78 Å².